The Bertz CT molecular complexity index is 3280. The summed E-state index contributed by atoms with van der Waals surface area (Å²) < 4.78 is 6.31. The molecule has 0 spiro atoms. The molecule has 0 amide bonds. The molecule has 11 rings (SSSR count). The second-order valence-electron chi connectivity index (χ2n) is 15.0. The molecule has 0 N–H and O–H groups in total. The van der Waals surface area contributed by atoms with Crippen molar-refractivity contribution in [1.82, 2.24) is 0 Å². The molecule has 0 saturated heterocycles. The van der Waals surface area contributed by atoms with Gasteiger partial charge in [0.2, 0.25) is 0 Å². The molecule has 58 heavy (non-hydrogen) atoms. The van der Waals surface area contributed by atoms with Crippen molar-refractivity contribution in [1.29, 1.82) is 0 Å². The van der Waals surface area contributed by atoms with Gasteiger partial charge in [-0.05, 0) is 122 Å². The van der Waals surface area contributed by atoms with E-state index in [1.54, 1.807) is 0 Å². The molecule has 3 nitrogen and oxygen atoms in total. The summed E-state index contributed by atoms with van der Waals surface area (Å²) in [6.45, 7) is 0.669. The Hall–Kier alpha value is -7.62. The highest BCUT2D eigenvalue weighted by molar-refractivity contribution is 6.16. The lowest BCUT2D eigenvalue weighted by Gasteiger charge is -2.30. The number of rotatable bonds is 8. The topological polar surface area (TPSA) is 19.6 Å². The summed E-state index contributed by atoms with van der Waals surface area (Å²) in [6.07, 6.45) is 0. The first-order valence-electron chi connectivity index (χ1n) is 19.9. The Morgan fingerprint density at radius 1 is 0.328 bits per heavy atom. The van der Waals surface area contributed by atoms with Crippen LogP contribution in [-0.2, 0) is 6.54 Å². The van der Waals surface area contributed by atoms with Crippen molar-refractivity contribution in [2.75, 3.05) is 9.80 Å². The predicted molar refractivity (Wildman–Crippen MR) is 245 cm³/mol. The first kappa shape index (κ1) is 33.7. The molecule has 274 valence electrons. The van der Waals surface area contributed by atoms with Crippen LogP contribution in [0.25, 0.3) is 65.4 Å². The summed E-state index contributed by atoms with van der Waals surface area (Å²) in [7, 11) is 0. The average molecular weight is 743 g/mol. The highest BCUT2D eigenvalue weighted by atomic mass is 16.3. The zero-order chi connectivity index (χ0) is 38.4. The fraction of sp³-hybridized carbons (Fsp3) is 0.0182. The van der Waals surface area contributed by atoms with Gasteiger partial charge < -0.3 is 14.2 Å². The zero-order valence-corrected chi connectivity index (χ0v) is 31.8. The number of hydrogen-bond donors (Lipinski definition) is 0. The lowest BCUT2D eigenvalue weighted by molar-refractivity contribution is 0.669. The summed E-state index contributed by atoms with van der Waals surface area (Å²) in [6, 6.07) is 78.7. The van der Waals surface area contributed by atoms with Gasteiger partial charge in [-0.3, -0.25) is 0 Å². The van der Waals surface area contributed by atoms with Gasteiger partial charge in [0, 0.05) is 45.8 Å². The highest BCUT2D eigenvalue weighted by Gasteiger charge is 2.19. The number of fused-ring (bicyclic) bond motifs is 7. The minimum atomic E-state index is 0.669. The van der Waals surface area contributed by atoms with Gasteiger partial charge in [0.05, 0.1) is 0 Å². The molecule has 1 aromatic heterocycles. The van der Waals surface area contributed by atoms with Gasteiger partial charge in [0.15, 0.2) is 0 Å². The first-order chi connectivity index (χ1) is 28.7. The van der Waals surface area contributed by atoms with Crippen molar-refractivity contribution >= 4 is 82.7 Å². The van der Waals surface area contributed by atoms with Crippen LogP contribution in [0.1, 0.15) is 5.56 Å². The summed E-state index contributed by atoms with van der Waals surface area (Å²) in [4.78, 5) is 4.83. The standard InChI is InChI=1S/C55H38N2O/c1-3-15-39(16-4-1)49-23-10-9-18-43(49)37-56(46-30-29-40-26-27-42-33-55-53(36-52(42)51(40)35-46)50-24-11-12-25-54(50)58-55)45-21-13-22-47(34-45)57(44-19-5-2-6-20-44)48-31-28-38-14-7-8-17-41(38)32-48/h1-36H,37H2. The summed E-state index contributed by atoms with van der Waals surface area (Å²) in [5, 5.41) is 9.49. The predicted octanol–water partition coefficient (Wildman–Crippen LogP) is 15.5. The monoisotopic (exact) mass is 742 g/mol. The van der Waals surface area contributed by atoms with Crippen LogP contribution in [0.15, 0.2) is 223 Å². The van der Waals surface area contributed by atoms with Crippen LogP contribution < -0.4 is 9.80 Å². The van der Waals surface area contributed by atoms with Gasteiger partial charge in [-0.25, -0.2) is 0 Å². The van der Waals surface area contributed by atoms with E-state index in [1.807, 2.05) is 6.07 Å². The summed E-state index contributed by atoms with van der Waals surface area (Å²) in [5.74, 6) is 0. The fourth-order valence-electron chi connectivity index (χ4n) is 8.63. The van der Waals surface area contributed by atoms with Crippen LogP contribution in [0, 0.1) is 0 Å². The Morgan fingerprint density at radius 2 is 0.948 bits per heavy atom. The van der Waals surface area contributed by atoms with E-state index in [1.165, 1.54) is 43.6 Å². The maximum atomic E-state index is 6.31. The van der Waals surface area contributed by atoms with Gasteiger partial charge in [-0.15, -0.1) is 0 Å². The van der Waals surface area contributed by atoms with Crippen LogP contribution >= 0.6 is 0 Å². The quantitative estimate of drug-likeness (QED) is 0.145. The van der Waals surface area contributed by atoms with Crippen molar-refractivity contribution in [2.24, 2.45) is 0 Å². The Balaban J connectivity index is 1.10. The zero-order valence-electron chi connectivity index (χ0n) is 31.8. The van der Waals surface area contributed by atoms with Crippen molar-refractivity contribution in [3.63, 3.8) is 0 Å². The van der Waals surface area contributed by atoms with Crippen LogP contribution in [0.4, 0.5) is 28.4 Å². The van der Waals surface area contributed by atoms with Crippen LogP contribution in [0.3, 0.4) is 0 Å². The maximum Gasteiger partial charge on any atom is 0.136 e. The van der Waals surface area contributed by atoms with Gasteiger partial charge in [0.1, 0.15) is 11.2 Å². The molecule has 0 fully saturated rings. The summed E-state index contributed by atoms with van der Waals surface area (Å²) in [5.41, 5.74) is 11.0. The smallest absolute Gasteiger partial charge is 0.136 e. The average Bonchev–Trinajstić information content (AvgIpc) is 3.66. The van der Waals surface area contributed by atoms with Gasteiger partial charge in [0.25, 0.3) is 0 Å². The molecular formula is C55H38N2O. The van der Waals surface area contributed by atoms with Gasteiger partial charge in [-0.2, -0.15) is 0 Å². The van der Waals surface area contributed by atoms with Crippen molar-refractivity contribution in [3.8, 4) is 11.1 Å². The molecule has 0 aliphatic heterocycles. The van der Waals surface area contributed by atoms with E-state index >= 15 is 0 Å². The largest absolute Gasteiger partial charge is 0.456 e. The number of nitrogens with zero attached hydrogens (tertiary/aromatic N) is 2. The molecule has 1 heterocycles. The maximum absolute atomic E-state index is 6.31. The lowest BCUT2D eigenvalue weighted by atomic mass is 9.97. The van der Waals surface area contributed by atoms with E-state index in [0.717, 1.165) is 55.8 Å². The van der Waals surface area contributed by atoms with Crippen LogP contribution in [0.5, 0.6) is 0 Å². The van der Waals surface area contributed by atoms with E-state index < -0.39 is 0 Å². The normalized spacial score (nSPS) is 11.5. The molecule has 0 saturated carbocycles. The Kier molecular flexibility index (Phi) is 8.22. The molecule has 10 aromatic carbocycles. The molecular weight excluding hydrogens is 705 g/mol. The van der Waals surface area contributed by atoms with E-state index in [2.05, 4.69) is 222 Å². The SMILES string of the molecule is c1ccc(-c2ccccc2CN(c2cccc(N(c3ccccc3)c3ccc4ccccc4c3)c2)c2ccc3ccc4cc5oc6ccccc6c5cc4c3c2)cc1. The minimum Gasteiger partial charge on any atom is -0.456 e. The van der Waals surface area contributed by atoms with E-state index in [-0.39, 0.29) is 0 Å². The summed E-state index contributed by atoms with van der Waals surface area (Å²) >= 11 is 0. The third kappa shape index (κ3) is 6.01. The van der Waals surface area contributed by atoms with Gasteiger partial charge in [-0.1, -0.05) is 146 Å². The second kappa shape index (κ2) is 14.1. The molecule has 0 unspecified atom stereocenters. The van der Waals surface area contributed by atoms with Crippen LogP contribution in [0.2, 0.25) is 0 Å². The highest BCUT2D eigenvalue weighted by Crippen LogP contribution is 2.41. The Labute approximate surface area is 337 Å². The van der Waals surface area contributed by atoms with E-state index in [4.69, 9.17) is 4.42 Å². The van der Waals surface area contributed by atoms with Crippen molar-refractivity contribution < 1.29 is 4.42 Å². The Morgan fingerprint density at radius 3 is 1.84 bits per heavy atom. The van der Waals surface area contributed by atoms with Gasteiger partial charge >= 0.3 is 0 Å². The van der Waals surface area contributed by atoms with Crippen molar-refractivity contribution in [3.05, 3.63) is 224 Å². The molecule has 0 bridgehead atoms. The van der Waals surface area contributed by atoms with Crippen molar-refractivity contribution in [2.45, 2.75) is 6.54 Å². The minimum absolute atomic E-state index is 0.669. The lowest BCUT2D eigenvalue weighted by Crippen LogP contribution is -2.18. The van der Waals surface area contributed by atoms with Crippen LogP contribution in [-0.4, -0.2) is 0 Å². The molecule has 0 aliphatic carbocycles. The first-order valence-corrected chi connectivity index (χ1v) is 19.9. The molecule has 0 atom stereocenters. The molecule has 0 radical (unpaired) electrons. The second-order valence-corrected chi connectivity index (χ2v) is 15.0. The number of para-hydroxylation sites is 2. The number of furan rings is 1. The van der Waals surface area contributed by atoms with E-state index in [9.17, 15) is 0 Å². The number of benzene rings is 10. The third-order valence-electron chi connectivity index (χ3n) is 11.5. The molecule has 0 aliphatic rings. The number of hydrogen-bond acceptors (Lipinski definition) is 3. The third-order valence-corrected chi connectivity index (χ3v) is 11.5. The van der Waals surface area contributed by atoms with E-state index in [0.29, 0.717) is 6.54 Å². The molecule has 3 heteroatoms. The fourth-order valence-corrected chi connectivity index (χ4v) is 8.63. The number of anilines is 5. The molecule has 11 aromatic rings.